The molecule has 4 nitrogen and oxygen atoms in total. The monoisotopic (exact) mass is 350 g/mol. The maximum atomic E-state index is 12.4. The van der Waals surface area contributed by atoms with Gasteiger partial charge in [0.15, 0.2) is 0 Å². The summed E-state index contributed by atoms with van der Waals surface area (Å²) in [6.45, 7) is 6.14. The number of carbonyl (C=O) groups is 2. The maximum absolute atomic E-state index is 12.4. The molecule has 2 amide bonds. The Morgan fingerprint density at radius 2 is 2.24 bits per heavy atom. The molecule has 1 aromatic carbocycles. The molecule has 0 saturated heterocycles. The van der Waals surface area contributed by atoms with Crippen LogP contribution in [0, 0.1) is 0 Å². The zero-order valence-electron chi connectivity index (χ0n) is 12.3. The van der Waals surface area contributed by atoms with Gasteiger partial charge in [0, 0.05) is 24.1 Å². The van der Waals surface area contributed by atoms with E-state index in [2.05, 4.69) is 22.5 Å². The minimum absolute atomic E-state index is 0.0363. The van der Waals surface area contributed by atoms with E-state index >= 15 is 0 Å². The van der Waals surface area contributed by atoms with Crippen molar-refractivity contribution in [1.82, 2.24) is 9.80 Å². The molecule has 0 saturated carbocycles. The molecule has 2 rings (SSSR count). The van der Waals surface area contributed by atoms with Crippen molar-refractivity contribution in [2.45, 2.75) is 25.9 Å². The minimum atomic E-state index is -0.240. The van der Waals surface area contributed by atoms with E-state index in [1.807, 2.05) is 30.0 Å². The van der Waals surface area contributed by atoms with Gasteiger partial charge in [0.2, 0.25) is 11.8 Å². The van der Waals surface area contributed by atoms with E-state index in [1.165, 1.54) is 16.5 Å². The van der Waals surface area contributed by atoms with Crippen molar-refractivity contribution in [3.05, 3.63) is 46.5 Å². The molecule has 0 N–H and O–H groups in total. The highest BCUT2D eigenvalue weighted by atomic mass is 79.9. The smallest absolute Gasteiger partial charge is 0.246 e. The topological polar surface area (TPSA) is 40.6 Å². The third-order valence-electron chi connectivity index (χ3n) is 3.83. The van der Waals surface area contributed by atoms with Crippen molar-refractivity contribution in [3.63, 3.8) is 0 Å². The number of carbonyl (C=O) groups excluding carboxylic acids is 2. The third kappa shape index (κ3) is 3.35. The second-order valence-electron chi connectivity index (χ2n) is 5.35. The lowest BCUT2D eigenvalue weighted by Crippen LogP contribution is -2.47. The summed E-state index contributed by atoms with van der Waals surface area (Å²) in [7, 11) is 1.61. The Kier molecular flexibility index (Phi) is 4.83. The van der Waals surface area contributed by atoms with Gasteiger partial charge < -0.3 is 9.80 Å². The fraction of sp³-hybridized carbons (Fsp3) is 0.375. The van der Waals surface area contributed by atoms with Crippen molar-refractivity contribution < 1.29 is 9.59 Å². The molecule has 1 heterocycles. The van der Waals surface area contributed by atoms with Crippen LogP contribution in [0.15, 0.2) is 35.3 Å². The molecule has 0 radical (unpaired) electrons. The number of fused-ring (bicyclic) bond motifs is 1. The summed E-state index contributed by atoms with van der Waals surface area (Å²) in [5.41, 5.74) is 2.43. The molecular weight excluding hydrogens is 332 g/mol. The van der Waals surface area contributed by atoms with Crippen molar-refractivity contribution in [3.8, 4) is 0 Å². The first-order valence-corrected chi connectivity index (χ1v) is 7.66. The van der Waals surface area contributed by atoms with Crippen molar-refractivity contribution >= 4 is 27.7 Å². The Labute approximate surface area is 133 Å². The van der Waals surface area contributed by atoms with Gasteiger partial charge in [-0.3, -0.25) is 9.59 Å². The van der Waals surface area contributed by atoms with E-state index in [-0.39, 0.29) is 24.4 Å². The molecule has 21 heavy (non-hydrogen) atoms. The van der Waals surface area contributed by atoms with Gasteiger partial charge in [-0.2, -0.15) is 0 Å². The quantitative estimate of drug-likeness (QED) is 0.785. The highest BCUT2D eigenvalue weighted by Crippen LogP contribution is 2.29. The van der Waals surface area contributed by atoms with Crippen LogP contribution in [-0.2, 0) is 22.6 Å². The molecule has 0 spiro atoms. The Morgan fingerprint density at radius 3 is 2.90 bits per heavy atom. The van der Waals surface area contributed by atoms with Gasteiger partial charge in [-0.05, 0) is 36.6 Å². The number of hydrogen-bond donors (Lipinski definition) is 0. The van der Waals surface area contributed by atoms with Gasteiger partial charge in [0.1, 0.15) is 0 Å². The molecule has 112 valence electrons. The summed E-state index contributed by atoms with van der Waals surface area (Å²) >= 11 is 3.57. The number of likely N-dealkylation sites (N-methyl/N-ethyl adjacent to an activating group) is 1. The SMILES string of the molecule is C=CC(=O)N(C)CC(=O)N1Cc2cccc(Br)c2CC1C. The molecule has 0 aromatic heterocycles. The highest BCUT2D eigenvalue weighted by Gasteiger charge is 2.28. The molecular formula is C16H19BrN2O2. The summed E-state index contributed by atoms with van der Waals surface area (Å²) < 4.78 is 1.10. The van der Waals surface area contributed by atoms with Crippen LogP contribution < -0.4 is 0 Å². The molecule has 1 aliphatic rings. The van der Waals surface area contributed by atoms with Crippen LogP contribution >= 0.6 is 15.9 Å². The Morgan fingerprint density at radius 1 is 1.52 bits per heavy atom. The van der Waals surface area contributed by atoms with Gasteiger partial charge in [-0.1, -0.05) is 34.6 Å². The first kappa shape index (κ1) is 15.8. The average molecular weight is 351 g/mol. The number of nitrogens with zero attached hydrogens (tertiary/aromatic N) is 2. The first-order valence-electron chi connectivity index (χ1n) is 6.87. The number of hydrogen-bond acceptors (Lipinski definition) is 2. The molecule has 0 fully saturated rings. The van der Waals surface area contributed by atoms with E-state index in [9.17, 15) is 9.59 Å². The van der Waals surface area contributed by atoms with Crippen molar-refractivity contribution in [2.75, 3.05) is 13.6 Å². The Balaban J connectivity index is 2.13. The number of amides is 2. The highest BCUT2D eigenvalue weighted by molar-refractivity contribution is 9.10. The predicted molar refractivity (Wildman–Crippen MR) is 85.7 cm³/mol. The van der Waals surface area contributed by atoms with Gasteiger partial charge in [0.05, 0.1) is 6.54 Å². The second-order valence-corrected chi connectivity index (χ2v) is 6.21. The van der Waals surface area contributed by atoms with Crippen LogP contribution in [0.2, 0.25) is 0 Å². The van der Waals surface area contributed by atoms with E-state index < -0.39 is 0 Å². The average Bonchev–Trinajstić information content (AvgIpc) is 2.46. The lowest BCUT2D eigenvalue weighted by molar-refractivity contribution is -0.139. The van der Waals surface area contributed by atoms with E-state index in [0.29, 0.717) is 6.54 Å². The number of rotatable bonds is 3. The van der Waals surface area contributed by atoms with E-state index in [1.54, 1.807) is 7.05 Å². The van der Waals surface area contributed by atoms with Gasteiger partial charge >= 0.3 is 0 Å². The summed E-state index contributed by atoms with van der Waals surface area (Å²) in [4.78, 5) is 27.1. The lowest BCUT2D eigenvalue weighted by Gasteiger charge is -2.36. The van der Waals surface area contributed by atoms with Gasteiger partial charge in [-0.15, -0.1) is 0 Å². The summed E-state index contributed by atoms with van der Waals surface area (Å²) in [6, 6.07) is 6.18. The van der Waals surface area contributed by atoms with Crippen LogP contribution in [0.4, 0.5) is 0 Å². The zero-order valence-corrected chi connectivity index (χ0v) is 13.9. The van der Waals surface area contributed by atoms with E-state index in [4.69, 9.17) is 0 Å². The Bertz CT molecular complexity index is 586. The lowest BCUT2D eigenvalue weighted by atomic mass is 9.95. The van der Waals surface area contributed by atoms with Crippen LogP contribution in [0.5, 0.6) is 0 Å². The molecule has 1 aliphatic heterocycles. The predicted octanol–water partition coefficient (Wildman–Crippen LogP) is 2.37. The molecule has 0 bridgehead atoms. The Hall–Kier alpha value is -1.62. The van der Waals surface area contributed by atoms with Gasteiger partial charge in [-0.25, -0.2) is 0 Å². The van der Waals surface area contributed by atoms with E-state index in [0.717, 1.165) is 16.5 Å². The van der Waals surface area contributed by atoms with Crippen LogP contribution in [0.3, 0.4) is 0 Å². The largest absolute Gasteiger partial charge is 0.334 e. The number of benzene rings is 1. The molecule has 1 unspecified atom stereocenters. The second kappa shape index (κ2) is 6.43. The van der Waals surface area contributed by atoms with Crippen LogP contribution in [0.25, 0.3) is 0 Å². The normalized spacial score (nSPS) is 17.1. The standard InChI is InChI=1S/C16H19BrN2O2/c1-4-15(20)18(3)10-16(21)19-9-12-6-5-7-14(17)13(12)8-11(19)2/h4-7,11H,1,8-10H2,2-3H3. The fourth-order valence-electron chi connectivity index (χ4n) is 2.59. The van der Waals surface area contributed by atoms with Crippen molar-refractivity contribution in [2.24, 2.45) is 0 Å². The summed E-state index contributed by atoms with van der Waals surface area (Å²) in [5.74, 6) is -0.276. The van der Waals surface area contributed by atoms with Gasteiger partial charge in [0.25, 0.3) is 0 Å². The maximum Gasteiger partial charge on any atom is 0.246 e. The molecule has 0 aliphatic carbocycles. The zero-order chi connectivity index (χ0) is 15.6. The summed E-state index contributed by atoms with van der Waals surface area (Å²) in [5, 5.41) is 0. The molecule has 1 atom stereocenters. The minimum Gasteiger partial charge on any atom is -0.334 e. The van der Waals surface area contributed by atoms with Crippen LogP contribution in [-0.4, -0.2) is 41.2 Å². The fourth-order valence-corrected chi connectivity index (χ4v) is 3.16. The molecule has 5 heteroatoms. The van der Waals surface area contributed by atoms with Crippen LogP contribution in [0.1, 0.15) is 18.1 Å². The summed E-state index contributed by atoms with van der Waals surface area (Å²) in [6.07, 6.45) is 2.04. The molecule has 1 aromatic rings. The number of halogens is 1. The third-order valence-corrected chi connectivity index (χ3v) is 4.57. The van der Waals surface area contributed by atoms with Crippen molar-refractivity contribution in [1.29, 1.82) is 0 Å². The first-order chi connectivity index (χ1) is 9.93.